The lowest BCUT2D eigenvalue weighted by atomic mass is 10.2. The minimum absolute atomic E-state index is 0.680. The van der Waals surface area contributed by atoms with Crippen molar-refractivity contribution in [3.63, 3.8) is 0 Å². The van der Waals surface area contributed by atoms with E-state index in [-0.39, 0.29) is 0 Å². The van der Waals surface area contributed by atoms with Crippen LogP contribution in [0.25, 0.3) is 11.4 Å². The largest absolute Gasteiger partial charge is 0.372 e. The van der Waals surface area contributed by atoms with E-state index in [1.165, 1.54) is 5.56 Å². The van der Waals surface area contributed by atoms with E-state index in [1.54, 1.807) is 6.20 Å². The van der Waals surface area contributed by atoms with E-state index in [9.17, 15) is 0 Å². The highest BCUT2D eigenvalue weighted by Crippen LogP contribution is 2.20. The summed E-state index contributed by atoms with van der Waals surface area (Å²) in [5.74, 6) is 1.51. The van der Waals surface area contributed by atoms with Gasteiger partial charge >= 0.3 is 0 Å². The minimum atomic E-state index is 0.680. The standard InChI is InChI=1S/C15H14IN5/c1-17-15-13(16)8-18-14(20-15)12-7-19-21(10-12)9-11-5-3-2-4-6-11/h2-8,10H,9H2,1H3,(H,17,18,20). The first kappa shape index (κ1) is 14.0. The first-order valence-electron chi connectivity index (χ1n) is 6.53. The molecule has 0 spiro atoms. The molecule has 0 radical (unpaired) electrons. The number of rotatable bonds is 4. The van der Waals surface area contributed by atoms with Crippen LogP contribution in [0, 0.1) is 3.57 Å². The zero-order valence-corrected chi connectivity index (χ0v) is 13.7. The summed E-state index contributed by atoms with van der Waals surface area (Å²) < 4.78 is 2.89. The Morgan fingerprint density at radius 2 is 2.00 bits per heavy atom. The lowest BCUT2D eigenvalue weighted by molar-refractivity contribution is 0.687. The Balaban J connectivity index is 1.85. The van der Waals surface area contributed by atoms with Crippen molar-refractivity contribution in [2.75, 3.05) is 12.4 Å². The number of hydrogen-bond acceptors (Lipinski definition) is 4. The van der Waals surface area contributed by atoms with Crippen molar-refractivity contribution in [3.8, 4) is 11.4 Å². The van der Waals surface area contributed by atoms with Gasteiger partial charge in [-0.2, -0.15) is 5.10 Å². The molecule has 0 atom stereocenters. The SMILES string of the molecule is CNc1nc(-c2cnn(Cc3ccccc3)c2)ncc1I. The molecule has 0 saturated carbocycles. The van der Waals surface area contributed by atoms with Crippen LogP contribution in [0.1, 0.15) is 5.56 Å². The fraction of sp³-hybridized carbons (Fsp3) is 0.133. The minimum Gasteiger partial charge on any atom is -0.372 e. The van der Waals surface area contributed by atoms with Crippen molar-refractivity contribution < 1.29 is 0 Å². The third-order valence-corrected chi connectivity index (χ3v) is 3.85. The van der Waals surface area contributed by atoms with Crippen LogP contribution in [0.3, 0.4) is 0 Å². The first-order chi connectivity index (χ1) is 10.3. The summed E-state index contributed by atoms with van der Waals surface area (Å²) in [4.78, 5) is 8.86. The molecule has 0 unspecified atom stereocenters. The van der Waals surface area contributed by atoms with Crippen molar-refractivity contribution >= 4 is 28.4 Å². The smallest absolute Gasteiger partial charge is 0.164 e. The van der Waals surface area contributed by atoms with E-state index < -0.39 is 0 Å². The van der Waals surface area contributed by atoms with Gasteiger partial charge in [-0.25, -0.2) is 9.97 Å². The Morgan fingerprint density at radius 3 is 2.76 bits per heavy atom. The second kappa shape index (κ2) is 6.21. The molecule has 0 aliphatic carbocycles. The lowest BCUT2D eigenvalue weighted by Crippen LogP contribution is -2.00. The number of nitrogens with one attached hydrogen (secondary N) is 1. The van der Waals surface area contributed by atoms with Gasteiger partial charge in [-0.15, -0.1) is 0 Å². The molecular weight excluding hydrogens is 377 g/mol. The van der Waals surface area contributed by atoms with Gasteiger partial charge in [0.1, 0.15) is 5.82 Å². The summed E-state index contributed by atoms with van der Waals surface area (Å²) in [6, 6.07) is 10.2. The van der Waals surface area contributed by atoms with Crippen molar-refractivity contribution in [3.05, 3.63) is 58.1 Å². The Labute approximate surface area is 136 Å². The molecule has 0 bridgehead atoms. The average molecular weight is 391 g/mol. The maximum absolute atomic E-state index is 4.50. The highest BCUT2D eigenvalue weighted by atomic mass is 127. The predicted octanol–water partition coefficient (Wildman–Crippen LogP) is 3.03. The Kier molecular flexibility index (Phi) is 4.14. The number of nitrogens with zero attached hydrogens (tertiary/aromatic N) is 4. The van der Waals surface area contributed by atoms with Gasteiger partial charge in [0.25, 0.3) is 0 Å². The van der Waals surface area contributed by atoms with E-state index in [1.807, 2.05) is 42.3 Å². The molecule has 1 N–H and O–H groups in total. The zero-order valence-electron chi connectivity index (χ0n) is 11.5. The fourth-order valence-corrected chi connectivity index (χ4v) is 2.55. The number of benzene rings is 1. The van der Waals surface area contributed by atoms with Gasteiger partial charge in [-0.05, 0) is 28.2 Å². The molecule has 5 nitrogen and oxygen atoms in total. The van der Waals surface area contributed by atoms with E-state index in [2.05, 4.69) is 55.1 Å². The molecule has 106 valence electrons. The summed E-state index contributed by atoms with van der Waals surface area (Å²) >= 11 is 2.21. The van der Waals surface area contributed by atoms with Gasteiger partial charge < -0.3 is 5.32 Å². The van der Waals surface area contributed by atoms with Crippen molar-refractivity contribution in [2.24, 2.45) is 0 Å². The van der Waals surface area contributed by atoms with E-state index in [0.29, 0.717) is 5.82 Å². The van der Waals surface area contributed by atoms with Crippen molar-refractivity contribution in [1.82, 2.24) is 19.7 Å². The fourth-order valence-electron chi connectivity index (χ4n) is 2.02. The average Bonchev–Trinajstić information content (AvgIpc) is 2.97. The van der Waals surface area contributed by atoms with Crippen LogP contribution in [-0.2, 0) is 6.54 Å². The molecule has 3 aromatic rings. The van der Waals surface area contributed by atoms with Crippen molar-refractivity contribution in [1.29, 1.82) is 0 Å². The predicted molar refractivity (Wildman–Crippen MR) is 91.1 cm³/mol. The Morgan fingerprint density at radius 1 is 1.19 bits per heavy atom. The second-order valence-corrected chi connectivity index (χ2v) is 5.71. The number of anilines is 1. The summed E-state index contributed by atoms with van der Waals surface area (Å²) in [5.41, 5.74) is 2.13. The van der Waals surface area contributed by atoms with Gasteiger partial charge in [-0.1, -0.05) is 30.3 Å². The van der Waals surface area contributed by atoms with Crippen LogP contribution < -0.4 is 5.32 Å². The summed E-state index contributed by atoms with van der Waals surface area (Å²) in [6.45, 7) is 0.740. The van der Waals surface area contributed by atoms with Crippen LogP contribution in [-0.4, -0.2) is 26.8 Å². The Bertz CT molecular complexity index is 739. The van der Waals surface area contributed by atoms with Gasteiger partial charge in [-0.3, -0.25) is 4.68 Å². The maximum atomic E-state index is 4.50. The van der Waals surface area contributed by atoms with Gasteiger partial charge in [0.2, 0.25) is 0 Å². The van der Waals surface area contributed by atoms with Gasteiger partial charge in [0.05, 0.1) is 21.9 Å². The maximum Gasteiger partial charge on any atom is 0.164 e. The molecule has 2 aromatic heterocycles. The van der Waals surface area contributed by atoms with Crippen LogP contribution in [0.15, 0.2) is 48.9 Å². The molecule has 0 aliphatic heterocycles. The van der Waals surface area contributed by atoms with E-state index in [4.69, 9.17) is 0 Å². The zero-order chi connectivity index (χ0) is 14.7. The molecule has 0 fully saturated rings. The van der Waals surface area contributed by atoms with E-state index in [0.717, 1.165) is 21.5 Å². The molecule has 0 amide bonds. The van der Waals surface area contributed by atoms with Crippen LogP contribution in [0.2, 0.25) is 0 Å². The van der Waals surface area contributed by atoms with Crippen LogP contribution in [0.5, 0.6) is 0 Å². The summed E-state index contributed by atoms with van der Waals surface area (Å²) in [5, 5.41) is 7.45. The molecular formula is C15H14IN5. The quantitative estimate of drug-likeness (QED) is 0.695. The molecule has 21 heavy (non-hydrogen) atoms. The highest BCUT2D eigenvalue weighted by molar-refractivity contribution is 14.1. The molecule has 1 aromatic carbocycles. The molecule has 6 heteroatoms. The topological polar surface area (TPSA) is 55.6 Å². The molecule has 2 heterocycles. The molecule has 0 saturated heterocycles. The van der Waals surface area contributed by atoms with Crippen molar-refractivity contribution in [2.45, 2.75) is 6.54 Å². The summed E-state index contributed by atoms with van der Waals surface area (Å²) in [7, 11) is 1.85. The summed E-state index contributed by atoms with van der Waals surface area (Å²) in [6.07, 6.45) is 5.57. The van der Waals surface area contributed by atoms with Crippen LogP contribution >= 0.6 is 22.6 Å². The second-order valence-electron chi connectivity index (χ2n) is 4.55. The molecule has 3 rings (SSSR count). The normalized spacial score (nSPS) is 10.6. The number of halogens is 1. The third-order valence-electron chi connectivity index (χ3n) is 3.06. The third kappa shape index (κ3) is 3.21. The first-order valence-corrected chi connectivity index (χ1v) is 7.61. The number of hydrogen-bond donors (Lipinski definition) is 1. The van der Waals surface area contributed by atoms with Gasteiger partial charge in [0.15, 0.2) is 5.82 Å². The highest BCUT2D eigenvalue weighted by Gasteiger charge is 2.08. The molecule has 0 aliphatic rings. The van der Waals surface area contributed by atoms with Crippen LogP contribution in [0.4, 0.5) is 5.82 Å². The Hall–Kier alpha value is -1.96. The lowest BCUT2D eigenvalue weighted by Gasteiger charge is -2.03. The van der Waals surface area contributed by atoms with Gasteiger partial charge in [0, 0.05) is 19.4 Å². The number of aromatic nitrogens is 4. The van der Waals surface area contributed by atoms with E-state index >= 15 is 0 Å². The monoisotopic (exact) mass is 391 g/mol.